The maximum absolute atomic E-state index is 3.65. The average molecular weight is 651 g/mol. The first kappa shape index (κ1) is 29.4. The van der Waals surface area contributed by atoms with Crippen molar-refractivity contribution in [2.45, 2.75) is 19.3 Å². The third kappa shape index (κ3) is 4.74. The van der Waals surface area contributed by atoms with E-state index in [4.69, 9.17) is 0 Å². The molecule has 0 unspecified atom stereocenters. The Labute approximate surface area is 297 Å². The van der Waals surface area contributed by atoms with Crippen LogP contribution >= 0.6 is 0 Å². The van der Waals surface area contributed by atoms with Crippen LogP contribution < -0.4 is 0 Å². The van der Waals surface area contributed by atoms with Crippen LogP contribution in [0.3, 0.4) is 0 Å². The van der Waals surface area contributed by atoms with Crippen molar-refractivity contribution in [3.05, 3.63) is 186 Å². The molecule has 2 aromatic heterocycles. The molecule has 2 nitrogen and oxygen atoms in total. The molecule has 2 aliphatic rings. The maximum Gasteiger partial charge on any atom is 0.105 e. The Kier molecular flexibility index (Phi) is 6.96. The van der Waals surface area contributed by atoms with Gasteiger partial charge >= 0.3 is 0 Å². The largest absolute Gasteiger partial charge is 0.309 e. The third-order valence-electron chi connectivity index (χ3n) is 10.5. The van der Waals surface area contributed by atoms with E-state index in [1.165, 1.54) is 77.4 Å². The molecule has 0 spiro atoms. The van der Waals surface area contributed by atoms with Crippen LogP contribution in [-0.4, -0.2) is 9.13 Å². The van der Waals surface area contributed by atoms with Gasteiger partial charge in [0.25, 0.3) is 0 Å². The summed E-state index contributed by atoms with van der Waals surface area (Å²) in [7, 11) is 0. The van der Waals surface area contributed by atoms with Crippen molar-refractivity contribution in [2.24, 2.45) is 0 Å². The van der Waals surface area contributed by atoms with E-state index >= 15 is 0 Å². The second-order valence-corrected chi connectivity index (χ2v) is 13.3. The van der Waals surface area contributed by atoms with Crippen molar-refractivity contribution < 1.29 is 0 Å². The lowest BCUT2D eigenvalue weighted by molar-refractivity contribution is 1.04. The van der Waals surface area contributed by atoms with Gasteiger partial charge in [0.1, 0.15) is 5.69 Å². The maximum atomic E-state index is 3.65. The van der Waals surface area contributed by atoms with Crippen LogP contribution in [0.5, 0.6) is 0 Å². The summed E-state index contributed by atoms with van der Waals surface area (Å²) in [6.45, 7) is 0. The summed E-state index contributed by atoms with van der Waals surface area (Å²) in [5.74, 6) is 7.11. The Morgan fingerprint density at radius 1 is 0.549 bits per heavy atom. The van der Waals surface area contributed by atoms with Crippen molar-refractivity contribution in [3.8, 4) is 34.3 Å². The molecule has 0 atom stereocenters. The molecule has 0 aliphatic heterocycles. The van der Waals surface area contributed by atoms with E-state index in [1.807, 2.05) is 0 Å². The molecule has 2 heteroatoms. The van der Waals surface area contributed by atoms with E-state index in [9.17, 15) is 0 Å². The number of benzene rings is 6. The van der Waals surface area contributed by atoms with E-state index in [0.717, 1.165) is 30.6 Å². The number of allylic oxidation sites excluding steroid dienone is 5. The number of rotatable bonds is 5. The van der Waals surface area contributed by atoms with E-state index in [2.05, 4.69) is 191 Å². The Balaban J connectivity index is 1.31. The summed E-state index contributed by atoms with van der Waals surface area (Å²) >= 11 is 0. The lowest BCUT2D eigenvalue weighted by Crippen LogP contribution is -2.05. The minimum absolute atomic E-state index is 0.741. The van der Waals surface area contributed by atoms with Gasteiger partial charge in [0, 0.05) is 39.4 Å². The summed E-state index contributed by atoms with van der Waals surface area (Å²) < 4.78 is 4.92. The first-order valence-electron chi connectivity index (χ1n) is 17.8. The molecule has 0 fully saturated rings. The summed E-state index contributed by atoms with van der Waals surface area (Å²) in [5, 5.41) is 3.70. The molecule has 0 N–H and O–H groups in total. The van der Waals surface area contributed by atoms with Gasteiger partial charge in [0.05, 0.1) is 22.2 Å². The Morgan fingerprint density at radius 2 is 1.31 bits per heavy atom. The fourth-order valence-electron chi connectivity index (χ4n) is 8.24. The van der Waals surface area contributed by atoms with Crippen LogP contribution in [0.1, 0.15) is 41.6 Å². The molecule has 10 rings (SSSR count). The zero-order valence-electron chi connectivity index (χ0n) is 28.2. The molecule has 0 bridgehead atoms. The van der Waals surface area contributed by atoms with Gasteiger partial charge in [-0.25, -0.2) is 0 Å². The normalized spacial score (nSPS) is 13.8. The smallest absolute Gasteiger partial charge is 0.105 e. The molecule has 2 aliphatic carbocycles. The number of hydrogen-bond donors (Lipinski definition) is 0. The topological polar surface area (TPSA) is 9.86 Å². The fraction of sp³-hybridized carbons (Fsp3) is 0.0612. The molecule has 0 amide bonds. The summed E-state index contributed by atoms with van der Waals surface area (Å²) in [4.78, 5) is 0. The van der Waals surface area contributed by atoms with E-state index < -0.39 is 0 Å². The summed E-state index contributed by atoms with van der Waals surface area (Å²) in [5.41, 5.74) is 15.7. The molecule has 240 valence electrons. The first-order valence-corrected chi connectivity index (χ1v) is 17.8. The van der Waals surface area contributed by atoms with Crippen molar-refractivity contribution in [2.75, 3.05) is 0 Å². The number of para-hydroxylation sites is 2. The van der Waals surface area contributed by atoms with Crippen LogP contribution in [0.4, 0.5) is 0 Å². The fourth-order valence-corrected chi connectivity index (χ4v) is 8.24. The standard InChI is InChI=1S/C49H34N2/c1-4-17-34(18-5-1)36-21-16-22-37(33-36)50-46-30-15-13-27-43(46)48-47(50)32-31-42-41-25-8-3-9-28-45(41)51(49(42)48)44-29-14-12-26-40(44)39-24-11-10-23-38(39)35-19-6-2-7-20-35/h1-2,4-8,10,12-23,25-27,29-33H,3,11,24H2. The van der Waals surface area contributed by atoms with Crippen LogP contribution in [0, 0.1) is 11.8 Å². The number of nitrogens with zero attached hydrogens (tertiary/aromatic N) is 2. The van der Waals surface area contributed by atoms with Gasteiger partial charge in [-0.15, -0.1) is 0 Å². The summed E-state index contributed by atoms with van der Waals surface area (Å²) in [6, 6.07) is 52.9. The summed E-state index contributed by atoms with van der Waals surface area (Å²) in [6.07, 6.45) is 11.9. The van der Waals surface area contributed by atoms with Crippen LogP contribution in [0.2, 0.25) is 0 Å². The van der Waals surface area contributed by atoms with Crippen molar-refractivity contribution in [1.82, 2.24) is 9.13 Å². The van der Waals surface area contributed by atoms with Crippen LogP contribution in [0.25, 0.3) is 72.4 Å². The lowest BCUT2D eigenvalue weighted by Gasteiger charge is -2.21. The van der Waals surface area contributed by atoms with Gasteiger partial charge in [0.15, 0.2) is 0 Å². The van der Waals surface area contributed by atoms with Gasteiger partial charge in [-0.2, -0.15) is 0 Å². The van der Waals surface area contributed by atoms with Gasteiger partial charge < -0.3 is 9.13 Å². The molecule has 0 radical (unpaired) electrons. The molecule has 6 aromatic carbocycles. The third-order valence-corrected chi connectivity index (χ3v) is 10.5. The highest BCUT2D eigenvalue weighted by Gasteiger charge is 2.25. The second-order valence-electron chi connectivity index (χ2n) is 13.3. The molecule has 0 saturated carbocycles. The monoisotopic (exact) mass is 650 g/mol. The van der Waals surface area contributed by atoms with E-state index in [0.29, 0.717) is 0 Å². The lowest BCUT2D eigenvalue weighted by atomic mass is 9.87. The van der Waals surface area contributed by atoms with Gasteiger partial charge in [0.2, 0.25) is 0 Å². The van der Waals surface area contributed by atoms with Gasteiger partial charge in [-0.05, 0) is 76.9 Å². The second kappa shape index (κ2) is 12.1. The molecule has 8 aromatic rings. The predicted molar refractivity (Wildman–Crippen MR) is 215 cm³/mol. The zero-order chi connectivity index (χ0) is 33.7. The highest BCUT2D eigenvalue weighted by Crippen LogP contribution is 2.44. The first-order chi connectivity index (χ1) is 25.3. The van der Waals surface area contributed by atoms with Gasteiger partial charge in [-0.3, -0.25) is 0 Å². The van der Waals surface area contributed by atoms with Crippen LogP contribution in [0.15, 0.2) is 164 Å². The van der Waals surface area contributed by atoms with E-state index in [-0.39, 0.29) is 0 Å². The highest BCUT2D eigenvalue weighted by molar-refractivity contribution is 6.22. The number of aromatic nitrogens is 2. The molecule has 2 heterocycles. The Morgan fingerprint density at radius 3 is 2.20 bits per heavy atom. The molecule has 51 heavy (non-hydrogen) atoms. The Hall–Kier alpha value is -6.56. The molecule has 0 saturated heterocycles. The van der Waals surface area contributed by atoms with Crippen molar-refractivity contribution >= 4 is 49.9 Å². The highest BCUT2D eigenvalue weighted by atomic mass is 15.0. The van der Waals surface area contributed by atoms with Gasteiger partial charge in [-0.1, -0.05) is 145 Å². The van der Waals surface area contributed by atoms with Crippen molar-refractivity contribution in [1.29, 1.82) is 0 Å². The zero-order valence-corrected chi connectivity index (χ0v) is 28.2. The number of hydrogen-bond acceptors (Lipinski definition) is 0. The Bertz CT molecular complexity index is 2810. The van der Waals surface area contributed by atoms with Crippen LogP contribution in [-0.2, 0) is 0 Å². The van der Waals surface area contributed by atoms with Crippen molar-refractivity contribution in [3.63, 3.8) is 0 Å². The average Bonchev–Trinajstić information content (AvgIpc) is 3.59. The molecular weight excluding hydrogens is 617 g/mol. The molecular formula is C49H34N2. The van der Waals surface area contributed by atoms with E-state index in [1.54, 1.807) is 0 Å². The number of fused-ring (bicyclic) bond motifs is 7. The predicted octanol–water partition coefficient (Wildman–Crippen LogP) is 12.4. The quantitative estimate of drug-likeness (QED) is 0.164. The minimum atomic E-state index is 0.741. The SMILES string of the molecule is C1#Cc2c(c3ccc4c(c5ccccc5n4-c4cccc(-c5ccccc5)c4)c3n2-c2ccccc2C2=C(c3ccccc3)C=CCC2)C=CC1. The minimum Gasteiger partial charge on any atom is -0.309 e.